The van der Waals surface area contributed by atoms with Gasteiger partial charge in [-0.2, -0.15) is 0 Å². The van der Waals surface area contributed by atoms with Crippen molar-refractivity contribution >= 4 is 39.8 Å². The molecule has 1 atom stereocenters. The molecule has 1 unspecified atom stereocenters. The van der Waals surface area contributed by atoms with E-state index in [1.165, 1.54) is 0 Å². The number of nitrogens with zero attached hydrogens (tertiary/aromatic N) is 2. The molecule has 5 heteroatoms. The lowest BCUT2D eigenvalue weighted by Crippen LogP contribution is -2.41. The van der Waals surface area contributed by atoms with E-state index in [9.17, 15) is 9.59 Å². The molecule has 2 amide bonds. The first kappa shape index (κ1) is 13.7. The highest BCUT2D eigenvalue weighted by atomic mass is 16.2. The molecule has 0 radical (unpaired) electrons. The molecule has 1 saturated heterocycles. The van der Waals surface area contributed by atoms with E-state index in [-0.39, 0.29) is 11.8 Å². The van der Waals surface area contributed by atoms with Crippen molar-refractivity contribution in [2.45, 2.75) is 18.9 Å². The molecule has 0 aliphatic carbocycles. The van der Waals surface area contributed by atoms with Gasteiger partial charge in [0.05, 0.1) is 5.52 Å². The van der Waals surface area contributed by atoms with E-state index >= 15 is 0 Å². The number of carbonyl (C=O) groups is 2. The molecule has 0 saturated carbocycles. The number of hydrogen-bond acceptors (Lipinski definition) is 3. The van der Waals surface area contributed by atoms with Gasteiger partial charge in [-0.3, -0.25) is 14.9 Å². The van der Waals surface area contributed by atoms with Crippen molar-refractivity contribution in [3.63, 3.8) is 0 Å². The summed E-state index contributed by atoms with van der Waals surface area (Å²) < 4.78 is 1.94. The van der Waals surface area contributed by atoms with E-state index < -0.39 is 6.04 Å². The van der Waals surface area contributed by atoms with Gasteiger partial charge < -0.3 is 4.57 Å². The van der Waals surface area contributed by atoms with Crippen LogP contribution in [-0.2, 0) is 9.59 Å². The molecule has 3 heterocycles. The Morgan fingerprint density at radius 2 is 2.09 bits per heavy atom. The molecule has 1 aliphatic rings. The largest absolute Gasteiger partial charge is 0.313 e. The average molecular weight is 305 g/mol. The summed E-state index contributed by atoms with van der Waals surface area (Å²) in [5, 5.41) is 4.46. The number of benzene rings is 1. The van der Waals surface area contributed by atoms with Crippen molar-refractivity contribution in [1.29, 1.82) is 0 Å². The van der Waals surface area contributed by atoms with Crippen molar-refractivity contribution in [2.24, 2.45) is 0 Å². The first-order valence-electron chi connectivity index (χ1n) is 7.54. The number of para-hydroxylation sites is 1. The lowest BCUT2D eigenvalue weighted by Gasteiger charge is -2.23. The molecule has 1 fully saturated rings. The Bertz CT molecular complexity index is 971. The number of imide groups is 1. The second-order valence-corrected chi connectivity index (χ2v) is 5.70. The molecular formula is C18H15N3O2. The van der Waals surface area contributed by atoms with Crippen LogP contribution in [0, 0.1) is 0 Å². The van der Waals surface area contributed by atoms with Crippen LogP contribution in [0.25, 0.3) is 28.0 Å². The Hall–Kier alpha value is -2.95. The van der Waals surface area contributed by atoms with E-state index in [1.807, 2.05) is 34.9 Å². The molecule has 23 heavy (non-hydrogen) atoms. The quantitative estimate of drug-likeness (QED) is 0.740. The van der Waals surface area contributed by atoms with Crippen molar-refractivity contribution in [1.82, 2.24) is 14.9 Å². The zero-order chi connectivity index (χ0) is 16.0. The number of hydrogen-bond donors (Lipinski definition) is 1. The van der Waals surface area contributed by atoms with Gasteiger partial charge >= 0.3 is 0 Å². The van der Waals surface area contributed by atoms with Crippen molar-refractivity contribution in [3.05, 3.63) is 48.7 Å². The van der Waals surface area contributed by atoms with Crippen LogP contribution < -0.4 is 5.32 Å². The maximum absolute atomic E-state index is 12.3. The zero-order valence-electron chi connectivity index (χ0n) is 12.5. The van der Waals surface area contributed by atoms with Gasteiger partial charge in [0.15, 0.2) is 0 Å². The molecule has 4 rings (SSSR count). The first-order chi connectivity index (χ1) is 11.2. The highest BCUT2D eigenvalue weighted by Gasteiger charge is 2.30. The minimum absolute atomic E-state index is 0.214. The second kappa shape index (κ2) is 5.05. The summed E-state index contributed by atoms with van der Waals surface area (Å²) in [5.41, 5.74) is 2.64. The summed E-state index contributed by atoms with van der Waals surface area (Å²) in [6.45, 7) is 3.79. The predicted molar refractivity (Wildman–Crippen MR) is 88.8 cm³/mol. The fraction of sp³-hybridized carbons (Fsp3) is 0.167. The lowest BCUT2D eigenvalue weighted by atomic mass is 10.1. The van der Waals surface area contributed by atoms with Crippen LogP contribution in [0.3, 0.4) is 0 Å². The maximum Gasteiger partial charge on any atom is 0.249 e. The van der Waals surface area contributed by atoms with Crippen LogP contribution in [0.2, 0.25) is 0 Å². The molecule has 0 bridgehead atoms. The molecule has 1 aromatic carbocycles. The van der Waals surface area contributed by atoms with Crippen molar-refractivity contribution < 1.29 is 9.59 Å². The summed E-state index contributed by atoms with van der Waals surface area (Å²) in [6.07, 6.45) is 4.33. The minimum atomic E-state index is -0.419. The van der Waals surface area contributed by atoms with Crippen LogP contribution >= 0.6 is 0 Å². The van der Waals surface area contributed by atoms with E-state index in [0.29, 0.717) is 12.8 Å². The monoisotopic (exact) mass is 305 g/mol. The fourth-order valence-corrected chi connectivity index (χ4v) is 3.25. The zero-order valence-corrected chi connectivity index (χ0v) is 12.5. The van der Waals surface area contributed by atoms with E-state index in [0.717, 1.165) is 27.5 Å². The predicted octanol–water partition coefficient (Wildman–Crippen LogP) is 2.81. The molecular weight excluding hydrogens is 290 g/mol. The van der Waals surface area contributed by atoms with E-state index in [1.54, 1.807) is 12.3 Å². The van der Waals surface area contributed by atoms with Crippen LogP contribution in [0.4, 0.5) is 0 Å². The van der Waals surface area contributed by atoms with Gasteiger partial charge in [0.2, 0.25) is 11.8 Å². The molecule has 0 spiro atoms. The van der Waals surface area contributed by atoms with Crippen LogP contribution in [-0.4, -0.2) is 21.4 Å². The van der Waals surface area contributed by atoms with Gasteiger partial charge in [0.25, 0.3) is 0 Å². The standard InChI is InChI=1S/C18H15N3O2/c1-2-11-9-13-12-5-3-4-6-14(12)21(17(13)19-10-11)15-7-8-16(22)20-18(15)23/h2-6,9-10,15H,1,7-8H2,(H,20,22,23). The van der Waals surface area contributed by atoms with Crippen molar-refractivity contribution in [2.75, 3.05) is 0 Å². The Morgan fingerprint density at radius 3 is 2.87 bits per heavy atom. The third kappa shape index (κ3) is 2.04. The van der Waals surface area contributed by atoms with Crippen molar-refractivity contribution in [3.8, 4) is 0 Å². The Labute approximate surface area is 132 Å². The Kier molecular flexibility index (Phi) is 3.01. The summed E-state index contributed by atoms with van der Waals surface area (Å²) in [6, 6.07) is 9.52. The number of rotatable bonds is 2. The molecule has 1 N–H and O–H groups in total. The number of piperidine rings is 1. The number of pyridine rings is 1. The highest BCUT2D eigenvalue weighted by Crippen LogP contribution is 2.33. The van der Waals surface area contributed by atoms with Gasteiger partial charge in [0.1, 0.15) is 11.7 Å². The summed E-state index contributed by atoms with van der Waals surface area (Å²) in [7, 11) is 0. The average Bonchev–Trinajstić information content (AvgIpc) is 2.89. The van der Waals surface area contributed by atoms with Gasteiger partial charge in [-0.05, 0) is 24.1 Å². The SMILES string of the molecule is C=Cc1cnc2c(c1)c1ccccc1n2C1CCC(=O)NC1=O. The first-order valence-corrected chi connectivity index (χ1v) is 7.54. The van der Waals surface area contributed by atoms with Gasteiger partial charge in [0, 0.05) is 23.4 Å². The highest BCUT2D eigenvalue weighted by molar-refractivity contribution is 6.09. The summed E-state index contributed by atoms with van der Waals surface area (Å²) in [4.78, 5) is 28.3. The molecule has 1 aliphatic heterocycles. The van der Waals surface area contributed by atoms with Gasteiger partial charge in [-0.25, -0.2) is 4.98 Å². The normalized spacial score (nSPS) is 18.3. The number of aromatic nitrogens is 2. The maximum atomic E-state index is 12.3. The van der Waals surface area contributed by atoms with Crippen LogP contribution in [0.1, 0.15) is 24.4 Å². The summed E-state index contributed by atoms with van der Waals surface area (Å²) >= 11 is 0. The molecule has 114 valence electrons. The third-order valence-electron chi connectivity index (χ3n) is 4.33. The van der Waals surface area contributed by atoms with E-state index in [4.69, 9.17) is 0 Å². The second-order valence-electron chi connectivity index (χ2n) is 5.70. The number of fused-ring (bicyclic) bond motifs is 3. The number of nitrogens with one attached hydrogen (secondary N) is 1. The van der Waals surface area contributed by atoms with Gasteiger partial charge in [-0.15, -0.1) is 0 Å². The Morgan fingerprint density at radius 1 is 1.26 bits per heavy atom. The topological polar surface area (TPSA) is 64.0 Å². The van der Waals surface area contributed by atoms with Gasteiger partial charge in [-0.1, -0.05) is 30.9 Å². The Balaban J connectivity index is 2.02. The molecule has 3 aromatic rings. The minimum Gasteiger partial charge on any atom is -0.313 e. The van der Waals surface area contributed by atoms with E-state index in [2.05, 4.69) is 16.9 Å². The lowest BCUT2D eigenvalue weighted by molar-refractivity contribution is -0.135. The fourth-order valence-electron chi connectivity index (χ4n) is 3.25. The summed E-state index contributed by atoms with van der Waals surface area (Å²) in [5.74, 6) is -0.479. The molecule has 2 aromatic heterocycles. The third-order valence-corrected chi connectivity index (χ3v) is 4.33. The smallest absolute Gasteiger partial charge is 0.249 e. The number of amides is 2. The number of carbonyl (C=O) groups excluding carboxylic acids is 2. The van der Waals surface area contributed by atoms with Crippen LogP contribution in [0.5, 0.6) is 0 Å². The molecule has 5 nitrogen and oxygen atoms in total. The van der Waals surface area contributed by atoms with Crippen LogP contribution in [0.15, 0.2) is 43.1 Å².